The van der Waals surface area contributed by atoms with Gasteiger partial charge in [-0.15, -0.1) is 0 Å². The summed E-state index contributed by atoms with van der Waals surface area (Å²) in [6, 6.07) is 5.04. The number of benzene rings is 1. The lowest BCUT2D eigenvalue weighted by Gasteiger charge is -2.17. The molecule has 1 fully saturated rings. The summed E-state index contributed by atoms with van der Waals surface area (Å²) in [5, 5.41) is 0. The van der Waals surface area contributed by atoms with Gasteiger partial charge in [0.15, 0.2) is 6.29 Å². The molecule has 0 bridgehead atoms. The van der Waals surface area contributed by atoms with Crippen LogP contribution in [0.5, 0.6) is 0 Å². The smallest absolute Gasteiger partial charge is 0.416 e. The SMILES string of the molecule is COC(=O)CC1COC(c2ccccc2C(F)(F)F)O1. The average molecular weight is 290 g/mol. The lowest BCUT2D eigenvalue weighted by atomic mass is 10.1. The molecule has 2 unspecified atom stereocenters. The van der Waals surface area contributed by atoms with Gasteiger partial charge in [-0.2, -0.15) is 13.2 Å². The van der Waals surface area contributed by atoms with Crippen molar-refractivity contribution in [3.63, 3.8) is 0 Å². The Kier molecular flexibility index (Phi) is 4.29. The number of halogens is 3. The Morgan fingerprint density at radius 3 is 2.75 bits per heavy atom. The average Bonchev–Trinajstić information content (AvgIpc) is 2.86. The number of ether oxygens (including phenoxy) is 3. The van der Waals surface area contributed by atoms with Crippen LogP contribution in [0.2, 0.25) is 0 Å². The number of alkyl halides is 3. The molecule has 2 rings (SSSR count). The molecule has 0 radical (unpaired) electrons. The Labute approximate surface area is 113 Å². The second-order valence-corrected chi connectivity index (χ2v) is 4.29. The minimum Gasteiger partial charge on any atom is -0.469 e. The van der Waals surface area contributed by atoms with Crippen LogP contribution in [0.3, 0.4) is 0 Å². The third kappa shape index (κ3) is 3.29. The topological polar surface area (TPSA) is 44.8 Å². The minimum absolute atomic E-state index is 0.0476. The Balaban J connectivity index is 2.13. The van der Waals surface area contributed by atoms with E-state index in [2.05, 4.69) is 4.74 Å². The van der Waals surface area contributed by atoms with Crippen LogP contribution in [-0.4, -0.2) is 25.8 Å². The molecule has 20 heavy (non-hydrogen) atoms. The maximum atomic E-state index is 12.9. The molecule has 1 aliphatic heterocycles. The van der Waals surface area contributed by atoms with E-state index in [1.807, 2.05) is 0 Å². The van der Waals surface area contributed by atoms with Crippen LogP contribution < -0.4 is 0 Å². The molecule has 0 aliphatic carbocycles. The van der Waals surface area contributed by atoms with Gasteiger partial charge in [-0.3, -0.25) is 4.79 Å². The molecule has 0 amide bonds. The molecule has 0 N–H and O–H groups in total. The van der Waals surface area contributed by atoms with Crippen molar-refractivity contribution in [3.05, 3.63) is 35.4 Å². The molecule has 7 heteroatoms. The third-order valence-electron chi connectivity index (χ3n) is 2.89. The van der Waals surface area contributed by atoms with E-state index in [4.69, 9.17) is 9.47 Å². The zero-order valence-electron chi connectivity index (χ0n) is 10.6. The molecule has 1 heterocycles. The monoisotopic (exact) mass is 290 g/mol. The number of hydrogen-bond acceptors (Lipinski definition) is 4. The largest absolute Gasteiger partial charge is 0.469 e. The first-order valence-corrected chi connectivity index (χ1v) is 5.92. The van der Waals surface area contributed by atoms with E-state index >= 15 is 0 Å². The maximum absolute atomic E-state index is 12.9. The summed E-state index contributed by atoms with van der Waals surface area (Å²) in [6.07, 6.45) is -6.26. The van der Waals surface area contributed by atoms with Crippen molar-refractivity contribution >= 4 is 5.97 Å². The lowest BCUT2D eigenvalue weighted by Crippen LogP contribution is -2.17. The molecule has 1 saturated heterocycles. The summed E-state index contributed by atoms with van der Waals surface area (Å²) in [4.78, 5) is 11.1. The van der Waals surface area contributed by atoms with Gasteiger partial charge in [-0.05, 0) is 6.07 Å². The van der Waals surface area contributed by atoms with Crippen molar-refractivity contribution in [2.45, 2.75) is 25.0 Å². The highest BCUT2D eigenvalue weighted by Crippen LogP contribution is 2.38. The van der Waals surface area contributed by atoms with Crippen LogP contribution in [-0.2, 0) is 25.2 Å². The summed E-state index contributed by atoms with van der Waals surface area (Å²) in [5.41, 5.74) is -0.893. The van der Waals surface area contributed by atoms with E-state index in [0.717, 1.165) is 6.07 Å². The van der Waals surface area contributed by atoms with Crippen LogP contribution in [0.1, 0.15) is 23.8 Å². The van der Waals surface area contributed by atoms with Crippen molar-refractivity contribution in [2.24, 2.45) is 0 Å². The summed E-state index contributed by atoms with van der Waals surface area (Å²) in [6.45, 7) is 0.0476. The molecule has 0 saturated carbocycles. The van der Waals surface area contributed by atoms with Gasteiger partial charge in [0.2, 0.25) is 0 Å². The van der Waals surface area contributed by atoms with Crippen LogP contribution in [0.4, 0.5) is 13.2 Å². The number of carbonyl (C=O) groups excluding carboxylic acids is 1. The fourth-order valence-electron chi connectivity index (χ4n) is 1.95. The number of rotatable bonds is 3. The molecule has 1 aromatic carbocycles. The van der Waals surface area contributed by atoms with Gasteiger partial charge < -0.3 is 14.2 Å². The Morgan fingerprint density at radius 1 is 1.40 bits per heavy atom. The zero-order valence-corrected chi connectivity index (χ0v) is 10.6. The quantitative estimate of drug-likeness (QED) is 0.803. The highest BCUT2D eigenvalue weighted by atomic mass is 19.4. The van der Waals surface area contributed by atoms with Crippen LogP contribution in [0.15, 0.2) is 24.3 Å². The molecule has 2 atom stereocenters. The predicted molar refractivity (Wildman–Crippen MR) is 61.6 cm³/mol. The number of carbonyl (C=O) groups is 1. The fraction of sp³-hybridized carbons (Fsp3) is 0.462. The first-order chi connectivity index (χ1) is 9.41. The standard InChI is InChI=1S/C13H13F3O4/c1-18-11(17)6-8-7-19-12(20-8)9-4-2-3-5-10(9)13(14,15)16/h2-5,8,12H,6-7H2,1H3. The van der Waals surface area contributed by atoms with Gasteiger partial charge in [0.1, 0.15) is 0 Å². The number of methoxy groups -OCH3 is 1. The normalized spacial score (nSPS) is 22.8. The zero-order chi connectivity index (χ0) is 14.8. The van der Waals surface area contributed by atoms with Gasteiger partial charge in [0.25, 0.3) is 0 Å². The molecular weight excluding hydrogens is 277 g/mol. The van der Waals surface area contributed by atoms with E-state index < -0.39 is 30.1 Å². The van der Waals surface area contributed by atoms with Gasteiger partial charge >= 0.3 is 12.1 Å². The Morgan fingerprint density at radius 2 is 2.10 bits per heavy atom. The number of esters is 1. The maximum Gasteiger partial charge on any atom is 0.416 e. The first kappa shape index (κ1) is 14.8. The van der Waals surface area contributed by atoms with E-state index in [0.29, 0.717) is 0 Å². The van der Waals surface area contributed by atoms with E-state index in [1.54, 1.807) is 0 Å². The van der Waals surface area contributed by atoms with Crippen molar-refractivity contribution in [3.8, 4) is 0 Å². The van der Waals surface area contributed by atoms with Gasteiger partial charge in [0, 0.05) is 5.56 Å². The van der Waals surface area contributed by atoms with Crippen molar-refractivity contribution in [1.29, 1.82) is 0 Å². The van der Waals surface area contributed by atoms with Crippen LogP contribution in [0, 0.1) is 0 Å². The van der Waals surface area contributed by atoms with Crippen LogP contribution in [0.25, 0.3) is 0 Å². The Hall–Kier alpha value is -1.60. The summed E-state index contributed by atoms with van der Waals surface area (Å²) in [5.74, 6) is -0.497. The molecule has 0 spiro atoms. The minimum atomic E-state index is -4.48. The van der Waals surface area contributed by atoms with Crippen LogP contribution >= 0.6 is 0 Å². The van der Waals surface area contributed by atoms with E-state index in [9.17, 15) is 18.0 Å². The van der Waals surface area contributed by atoms with E-state index in [-0.39, 0.29) is 18.6 Å². The summed E-state index contributed by atoms with van der Waals surface area (Å²) >= 11 is 0. The van der Waals surface area contributed by atoms with Crippen molar-refractivity contribution in [1.82, 2.24) is 0 Å². The lowest BCUT2D eigenvalue weighted by molar-refractivity contribution is -0.147. The summed E-state index contributed by atoms with van der Waals surface area (Å²) in [7, 11) is 1.23. The summed E-state index contributed by atoms with van der Waals surface area (Å²) < 4.78 is 53.6. The predicted octanol–water partition coefficient (Wildman–Crippen LogP) is 2.68. The molecule has 110 valence electrons. The third-order valence-corrected chi connectivity index (χ3v) is 2.89. The highest BCUT2D eigenvalue weighted by Gasteiger charge is 2.38. The van der Waals surface area contributed by atoms with Crippen molar-refractivity contribution < 1.29 is 32.2 Å². The van der Waals surface area contributed by atoms with Gasteiger partial charge in [0.05, 0.1) is 31.8 Å². The molecule has 1 aliphatic rings. The number of hydrogen-bond donors (Lipinski definition) is 0. The fourth-order valence-corrected chi connectivity index (χ4v) is 1.95. The Bertz CT molecular complexity index is 487. The molecule has 4 nitrogen and oxygen atoms in total. The second-order valence-electron chi connectivity index (χ2n) is 4.29. The molecule has 1 aromatic rings. The van der Waals surface area contributed by atoms with Gasteiger partial charge in [-0.25, -0.2) is 0 Å². The highest BCUT2D eigenvalue weighted by molar-refractivity contribution is 5.69. The van der Waals surface area contributed by atoms with Gasteiger partial charge in [-0.1, -0.05) is 18.2 Å². The van der Waals surface area contributed by atoms with Crippen molar-refractivity contribution in [2.75, 3.05) is 13.7 Å². The first-order valence-electron chi connectivity index (χ1n) is 5.92. The second kappa shape index (κ2) is 5.80. The molecule has 0 aromatic heterocycles. The molecular formula is C13H13F3O4. The van der Waals surface area contributed by atoms with E-state index in [1.165, 1.54) is 25.3 Å².